The molecule has 0 aromatic rings. The first-order chi connectivity index (χ1) is 3.91. The molecule has 0 aliphatic carbocycles. The van der Waals surface area contributed by atoms with Crippen LogP contribution in [0.25, 0.3) is 0 Å². The van der Waals surface area contributed by atoms with Crippen LogP contribution in [0.5, 0.6) is 0 Å². The molecule has 53 valence electrons. The van der Waals surface area contributed by atoms with Gasteiger partial charge in [-0.25, -0.2) is 0 Å². The van der Waals surface area contributed by atoms with Gasteiger partial charge < -0.3 is 0 Å². The third-order valence-corrected chi connectivity index (χ3v) is 1.35. The van der Waals surface area contributed by atoms with Crippen molar-refractivity contribution in [2.45, 2.75) is 45.4 Å². The van der Waals surface area contributed by atoms with Crippen molar-refractivity contribution in [2.24, 2.45) is 0 Å². The summed E-state index contributed by atoms with van der Waals surface area (Å²) in [4.78, 5) is 0. The summed E-state index contributed by atoms with van der Waals surface area (Å²) in [6.45, 7) is 6.02. The summed E-state index contributed by atoms with van der Waals surface area (Å²) < 4.78 is 0. The normalized spacial score (nSPS) is 8.67. The van der Waals surface area contributed by atoms with Crippen molar-refractivity contribution in [3.05, 3.63) is 6.92 Å². The Labute approximate surface area is 89.4 Å². The molecule has 0 heterocycles. The van der Waals surface area contributed by atoms with Gasteiger partial charge in [0.25, 0.3) is 0 Å². The fraction of sp³-hybridized carbons (Fsp3) is 0.875. The Hall–Kier alpha value is 1.26. The Balaban J connectivity index is 0. The van der Waals surface area contributed by atoms with E-state index < -0.39 is 0 Å². The Morgan fingerprint density at radius 1 is 1.00 bits per heavy atom. The molecule has 1 radical (unpaired) electrons. The summed E-state index contributed by atoms with van der Waals surface area (Å²) in [7, 11) is 0. The molecule has 0 unspecified atom stereocenters. The van der Waals surface area contributed by atoms with E-state index in [0.29, 0.717) is 0 Å². The van der Waals surface area contributed by atoms with E-state index in [4.69, 9.17) is 0 Å². The van der Waals surface area contributed by atoms with Gasteiger partial charge in [-0.05, 0) is 0 Å². The first-order valence-electron chi connectivity index (χ1n) is 3.71. The molecule has 0 saturated heterocycles. The zero-order valence-corrected chi connectivity index (χ0v) is 5.95. The van der Waals surface area contributed by atoms with Gasteiger partial charge in [0.2, 0.25) is 0 Å². The van der Waals surface area contributed by atoms with E-state index in [1.165, 1.54) is 32.1 Å². The quantitative estimate of drug-likeness (QED) is 0.422. The predicted octanol–water partition coefficient (Wildman–Crippen LogP) is 2.26. The number of rotatable bonds is 5. The summed E-state index contributed by atoms with van der Waals surface area (Å²) in [5.41, 5.74) is 0. The Bertz CT molecular complexity index is 29.5. The summed E-state index contributed by atoms with van der Waals surface area (Å²) in [5.74, 6) is 0. The van der Waals surface area contributed by atoms with Crippen LogP contribution in [0.3, 0.4) is 0 Å². The number of hydrogen-bond acceptors (Lipinski definition) is 0. The van der Waals surface area contributed by atoms with Crippen LogP contribution in [0.1, 0.15) is 45.4 Å². The Kier molecular flexibility index (Phi) is 17.2. The second-order valence-electron chi connectivity index (χ2n) is 2.27. The van der Waals surface area contributed by atoms with Crippen molar-refractivity contribution in [1.29, 1.82) is 0 Å². The molecule has 9 heavy (non-hydrogen) atoms. The molecule has 0 aromatic carbocycles. The molecule has 1 heteroatoms. The second-order valence-corrected chi connectivity index (χ2v) is 2.27. The van der Waals surface area contributed by atoms with E-state index in [0.717, 1.165) is 6.42 Å². The van der Waals surface area contributed by atoms with E-state index in [9.17, 15) is 0 Å². The van der Waals surface area contributed by atoms with Gasteiger partial charge in [-0.1, -0.05) is 52.4 Å². The monoisotopic (exact) mass is 155 g/mol. The number of unbranched alkanes of at least 4 members (excludes halogenated alkanes) is 5. The molecular weight excluding hydrogens is 136 g/mol. The van der Waals surface area contributed by atoms with Gasteiger partial charge >= 0.3 is 37.7 Å². The summed E-state index contributed by atoms with van der Waals surface area (Å²) in [6.07, 6.45) is 7.98. The van der Waals surface area contributed by atoms with E-state index in [1.807, 2.05) is 0 Å². The summed E-state index contributed by atoms with van der Waals surface area (Å²) in [5, 5.41) is 0. The Morgan fingerprint density at radius 3 is 2.00 bits per heavy atom. The third kappa shape index (κ3) is 12.5. The van der Waals surface area contributed by atoms with Crippen LogP contribution in [0.2, 0.25) is 0 Å². The van der Waals surface area contributed by atoms with Crippen molar-refractivity contribution < 1.29 is 0 Å². The van der Waals surface area contributed by atoms with Crippen LogP contribution in [-0.4, -0.2) is 37.7 Å². The third-order valence-electron chi connectivity index (χ3n) is 1.35. The van der Waals surface area contributed by atoms with Crippen LogP contribution in [0.15, 0.2) is 0 Å². The van der Waals surface area contributed by atoms with Gasteiger partial charge in [0.15, 0.2) is 0 Å². The van der Waals surface area contributed by atoms with Crippen molar-refractivity contribution in [1.82, 2.24) is 0 Å². The topological polar surface area (TPSA) is 0 Å². The summed E-state index contributed by atoms with van der Waals surface area (Å²) >= 11 is 0. The van der Waals surface area contributed by atoms with Gasteiger partial charge in [-0.2, -0.15) is 0 Å². The van der Waals surface area contributed by atoms with Crippen molar-refractivity contribution in [2.75, 3.05) is 0 Å². The molecule has 0 aromatic heterocycles. The molecule has 0 aliphatic rings. The van der Waals surface area contributed by atoms with Crippen LogP contribution >= 0.6 is 0 Å². The van der Waals surface area contributed by atoms with E-state index in [2.05, 4.69) is 13.8 Å². The Morgan fingerprint density at radius 2 is 1.56 bits per heavy atom. The second kappa shape index (κ2) is 12.0. The standard InChI is InChI=1S/C8H17.Ca.2H/c1-3-5-7-8-6-4-2;;;/h1,3-8H2,2H3;;;. The molecular formula is C8H19Ca. The van der Waals surface area contributed by atoms with Crippen LogP contribution < -0.4 is 0 Å². The van der Waals surface area contributed by atoms with Crippen LogP contribution in [-0.2, 0) is 0 Å². The molecule has 0 aliphatic heterocycles. The minimum absolute atomic E-state index is 0. The molecule has 0 fully saturated rings. The molecule has 0 spiro atoms. The van der Waals surface area contributed by atoms with Gasteiger partial charge in [0, 0.05) is 0 Å². The van der Waals surface area contributed by atoms with Gasteiger partial charge in [-0.3, -0.25) is 0 Å². The zero-order chi connectivity index (χ0) is 6.24. The van der Waals surface area contributed by atoms with E-state index in [1.54, 1.807) is 0 Å². The van der Waals surface area contributed by atoms with Crippen LogP contribution in [0, 0.1) is 6.92 Å². The zero-order valence-electron chi connectivity index (χ0n) is 5.95. The molecule has 0 nitrogen and oxygen atoms in total. The fourth-order valence-corrected chi connectivity index (χ4v) is 0.780. The predicted molar refractivity (Wildman–Crippen MR) is 47.3 cm³/mol. The maximum atomic E-state index is 3.78. The maximum absolute atomic E-state index is 3.78. The molecule has 0 N–H and O–H groups in total. The van der Waals surface area contributed by atoms with Crippen molar-refractivity contribution in [3.8, 4) is 0 Å². The SMILES string of the molecule is [CH2]CCCCCCC.[CaH2]. The molecule has 0 amide bonds. The van der Waals surface area contributed by atoms with Gasteiger partial charge in [0.1, 0.15) is 0 Å². The van der Waals surface area contributed by atoms with Crippen molar-refractivity contribution in [3.63, 3.8) is 0 Å². The number of hydrogen-bond donors (Lipinski definition) is 0. The average Bonchev–Trinajstić information content (AvgIpc) is 1.81. The summed E-state index contributed by atoms with van der Waals surface area (Å²) in [6, 6.07) is 0. The van der Waals surface area contributed by atoms with Crippen molar-refractivity contribution >= 4 is 37.7 Å². The van der Waals surface area contributed by atoms with Crippen LogP contribution in [0.4, 0.5) is 0 Å². The van der Waals surface area contributed by atoms with E-state index in [-0.39, 0.29) is 37.7 Å². The molecule has 0 bridgehead atoms. The van der Waals surface area contributed by atoms with E-state index >= 15 is 0 Å². The minimum atomic E-state index is 0. The molecule has 0 rings (SSSR count). The average molecular weight is 155 g/mol. The fourth-order valence-electron chi connectivity index (χ4n) is 0.780. The molecule has 0 saturated carbocycles. The first kappa shape index (κ1) is 12.9. The molecule has 0 atom stereocenters. The van der Waals surface area contributed by atoms with Gasteiger partial charge in [0.05, 0.1) is 0 Å². The first-order valence-corrected chi connectivity index (χ1v) is 3.71. The van der Waals surface area contributed by atoms with Gasteiger partial charge in [-0.15, -0.1) is 0 Å².